The first-order valence-electron chi connectivity index (χ1n) is 12.0. The van der Waals surface area contributed by atoms with E-state index in [0.29, 0.717) is 26.5 Å². The van der Waals surface area contributed by atoms with Crippen molar-refractivity contribution in [3.8, 4) is 5.75 Å². The zero-order valence-corrected chi connectivity index (χ0v) is 25.4. The fourth-order valence-electron chi connectivity index (χ4n) is 4.07. The van der Waals surface area contributed by atoms with Gasteiger partial charge in [-0.25, -0.2) is 13.4 Å². The summed E-state index contributed by atoms with van der Waals surface area (Å²) in [4.78, 5) is 24.0. The van der Waals surface area contributed by atoms with Crippen molar-refractivity contribution >= 4 is 68.3 Å². The van der Waals surface area contributed by atoms with Crippen LogP contribution in [0.25, 0.3) is 10.9 Å². The van der Waals surface area contributed by atoms with Gasteiger partial charge in [-0.2, -0.15) is 0 Å². The molecule has 0 fully saturated rings. The molecule has 0 radical (unpaired) electrons. The molecule has 1 N–H and O–H groups in total. The van der Waals surface area contributed by atoms with E-state index in [4.69, 9.17) is 23.2 Å². The van der Waals surface area contributed by atoms with E-state index in [1.165, 1.54) is 18.1 Å². The van der Waals surface area contributed by atoms with E-state index in [1.54, 1.807) is 67.9 Å². The first-order valence-corrected chi connectivity index (χ1v) is 17.2. The van der Waals surface area contributed by atoms with Crippen LogP contribution in [-0.4, -0.2) is 60.9 Å². The summed E-state index contributed by atoms with van der Waals surface area (Å²) in [6, 6.07) is 15.2. The smallest absolute Gasteiger partial charge is 0.277 e. The lowest BCUT2D eigenvalue weighted by molar-refractivity contribution is 0.0721. The predicted molar refractivity (Wildman–Crippen MR) is 160 cm³/mol. The maximum absolute atomic E-state index is 14.1. The number of aromatic hydroxyl groups is 1. The number of hydrogen-bond donors (Lipinski definition) is 1. The third-order valence-electron chi connectivity index (χ3n) is 6.26. The van der Waals surface area contributed by atoms with Crippen LogP contribution in [0.1, 0.15) is 21.6 Å². The van der Waals surface area contributed by atoms with Gasteiger partial charge in [0, 0.05) is 37.0 Å². The topological polar surface area (TPSA) is 121 Å². The van der Waals surface area contributed by atoms with Gasteiger partial charge in [-0.05, 0) is 54.8 Å². The zero-order valence-electron chi connectivity index (χ0n) is 22.2. The number of carbonyl (C=O) groups is 1. The Balaban J connectivity index is 1.86. The van der Waals surface area contributed by atoms with Crippen LogP contribution in [0.15, 0.2) is 60.8 Å². The lowest BCUT2D eigenvalue weighted by Crippen LogP contribution is -2.32. The number of pyridine rings is 2. The lowest BCUT2D eigenvalue weighted by atomic mass is 10.1. The number of amides is 1. The second-order valence-corrected chi connectivity index (χ2v) is 15.7. The van der Waals surface area contributed by atoms with Crippen LogP contribution in [0.3, 0.4) is 0 Å². The van der Waals surface area contributed by atoms with Gasteiger partial charge < -0.3 is 14.6 Å². The summed E-state index contributed by atoms with van der Waals surface area (Å²) in [6.07, 6.45) is 2.43. The lowest BCUT2D eigenvalue weighted by Gasteiger charge is -2.25. The highest BCUT2D eigenvalue weighted by molar-refractivity contribution is 7.92. The average Bonchev–Trinajstić information content (AvgIpc) is 2.89. The number of hydrogen-bond acceptors (Lipinski definition) is 7. The minimum absolute atomic E-state index is 0.0285. The van der Waals surface area contributed by atoms with E-state index in [-0.39, 0.29) is 35.5 Å². The number of rotatable bonds is 8. The van der Waals surface area contributed by atoms with Crippen LogP contribution in [0.2, 0.25) is 10.0 Å². The molecular formula is C27H27Cl2N4O5PS. The minimum Gasteiger partial charge on any atom is -0.504 e. The summed E-state index contributed by atoms with van der Waals surface area (Å²) in [5, 5.41) is 12.7. The first kappa shape index (κ1) is 29.8. The molecule has 0 saturated heterocycles. The van der Waals surface area contributed by atoms with E-state index < -0.39 is 28.8 Å². The summed E-state index contributed by atoms with van der Waals surface area (Å²) in [5.74, 6) is -1.22. The molecule has 0 bridgehead atoms. The number of halogens is 2. The molecule has 1 amide bonds. The molecule has 0 aliphatic rings. The van der Waals surface area contributed by atoms with Crippen LogP contribution in [-0.2, 0) is 27.7 Å². The van der Waals surface area contributed by atoms with E-state index in [2.05, 4.69) is 9.97 Å². The van der Waals surface area contributed by atoms with Gasteiger partial charge in [0.2, 0.25) is 10.0 Å². The number of fused-ring (bicyclic) bond motifs is 1. The molecule has 2 aromatic heterocycles. The molecule has 4 rings (SSSR count). The molecule has 2 aromatic carbocycles. The van der Waals surface area contributed by atoms with E-state index in [9.17, 15) is 22.9 Å². The SMILES string of the molecule is CN(c1nc(C(=O)N(Cc2cccc(P(C)(C)=O)c2)Cc2ccc(Cl)c(Cl)c2)c(O)c2ncccc12)S(C)(=O)=O. The third kappa shape index (κ3) is 6.41. The summed E-state index contributed by atoms with van der Waals surface area (Å²) in [6.45, 7) is 3.43. The summed E-state index contributed by atoms with van der Waals surface area (Å²) < 4.78 is 38.4. The second kappa shape index (κ2) is 11.4. The Kier molecular flexibility index (Phi) is 8.47. The molecule has 0 saturated carbocycles. The van der Waals surface area contributed by atoms with E-state index in [1.807, 2.05) is 0 Å². The van der Waals surface area contributed by atoms with Gasteiger partial charge in [0.05, 0.1) is 16.3 Å². The zero-order chi connectivity index (χ0) is 29.4. The van der Waals surface area contributed by atoms with Crippen LogP contribution in [0.5, 0.6) is 5.75 Å². The number of anilines is 1. The Morgan fingerprint density at radius 2 is 1.68 bits per heavy atom. The fourth-order valence-corrected chi connectivity index (χ4v) is 5.77. The molecule has 210 valence electrons. The van der Waals surface area contributed by atoms with E-state index in [0.717, 1.165) is 10.6 Å². The molecular weight excluding hydrogens is 594 g/mol. The largest absolute Gasteiger partial charge is 0.504 e. The Labute approximate surface area is 242 Å². The number of carbonyl (C=O) groups excluding carboxylic acids is 1. The molecule has 4 aromatic rings. The van der Waals surface area contributed by atoms with Crippen LogP contribution >= 0.6 is 30.3 Å². The maximum atomic E-state index is 14.1. The van der Waals surface area contributed by atoms with Gasteiger partial charge in [0.25, 0.3) is 5.91 Å². The van der Waals surface area contributed by atoms with Gasteiger partial charge in [-0.3, -0.25) is 14.1 Å². The first-order chi connectivity index (χ1) is 18.7. The highest BCUT2D eigenvalue weighted by Crippen LogP contribution is 2.36. The monoisotopic (exact) mass is 620 g/mol. The standard InChI is InChI=1S/C27H27Cl2N4O5PS/c1-32(40(4,37)38)26-20-9-6-12-30-23(20)25(34)24(31-26)27(35)33(16-18-10-11-21(28)22(29)14-18)15-17-7-5-8-19(13-17)39(2,3)36/h5-14,34H,15-16H2,1-4H3. The highest BCUT2D eigenvalue weighted by atomic mass is 35.5. The highest BCUT2D eigenvalue weighted by Gasteiger charge is 2.28. The second-order valence-electron chi connectivity index (χ2n) is 9.69. The Morgan fingerprint density at radius 1 is 1.00 bits per heavy atom. The molecule has 0 atom stereocenters. The Morgan fingerprint density at radius 3 is 2.30 bits per heavy atom. The molecule has 40 heavy (non-hydrogen) atoms. The minimum atomic E-state index is -3.76. The molecule has 9 nitrogen and oxygen atoms in total. The van der Waals surface area contributed by atoms with Gasteiger partial charge in [0.1, 0.15) is 12.7 Å². The van der Waals surface area contributed by atoms with Crippen molar-refractivity contribution in [1.29, 1.82) is 0 Å². The van der Waals surface area contributed by atoms with Crippen molar-refractivity contribution in [2.75, 3.05) is 30.9 Å². The van der Waals surface area contributed by atoms with Crippen LogP contribution in [0.4, 0.5) is 5.82 Å². The molecule has 2 heterocycles. The van der Waals surface area contributed by atoms with Crippen molar-refractivity contribution in [2.45, 2.75) is 13.1 Å². The quantitative estimate of drug-likeness (QED) is 0.271. The normalized spacial score (nSPS) is 11.9. The van der Waals surface area contributed by atoms with Crippen molar-refractivity contribution in [1.82, 2.24) is 14.9 Å². The summed E-state index contributed by atoms with van der Waals surface area (Å²) in [7, 11) is -5.03. The third-order valence-corrected chi connectivity index (χ3v) is 9.69. The van der Waals surface area contributed by atoms with Crippen molar-refractivity contribution in [2.24, 2.45) is 0 Å². The van der Waals surface area contributed by atoms with E-state index >= 15 is 0 Å². The predicted octanol–water partition coefficient (Wildman–Crippen LogP) is 5.13. The van der Waals surface area contributed by atoms with Crippen molar-refractivity contribution in [3.63, 3.8) is 0 Å². The average molecular weight is 621 g/mol. The molecule has 0 spiro atoms. The van der Waals surface area contributed by atoms with Gasteiger partial charge >= 0.3 is 0 Å². The number of nitrogens with zero attached hydrogens (tertiary/aromatic N) is 4. The Bertz CT molecular complexity index is 1780. The van der Waals surface area contributed by atoms with Crippen molar-refractivity contribution in [3.05, 3.63) is 87.7 Å². The fraction of sp³-hybridized carbons (Fsp3) is 0.222. The number of benzene rings is 2. The summed E-state index contributed by atoms with van der Waals surface area (Å²) in [5.41, 5.74) is 1.01. The van der Waals surface area contributed by atoms with Gasteiger partial charge in [0.15, 0.2) is 17.3 Å². The number of aromatic nitrogens is 2. The Hall–Kier alpha value is -3.17. The van der Waals surface area contributed by atoms with Crippen LogP contribution < -0.4 is 9.61 Å². The molecule has 0 aliphatic carbocycles. The maximum Gasteiger partial charge on any atom is 0.277 e. The van der Waals surface area contributed by atoms with Gasteiger partial charge in [-0.1, -0.05) is 47.5 Å². The van der Waals surface area contributed by atoms with Crippen molar-refractivity contribution < 1.29 is 22.9 Å². The van der Waals surface area contributed by atoms with Crippen LogP contribution in [0, 0.1) is 0 Å². The van der Waals surface area contributed by atoms with Gasteiger partial charge in [-0.15, -0.1) is 0 Å². The molecule has 0 unspecified atom stereocenters. The summed E-state index contributed by atoms with van der Waals surface area (Å²) >= 11 is 12.3. The molecule has 13 heteroatoms. The molecule has 0 aliphatic heterocycles. The number of sulfonamides is 1.